The lowest BCUT2D eigenvalue weighted by Gasteiger charge is -2.16. The summed E-state index contributed by atoms with van der Waals surface area (Å²) >= 11 is 0. The summed E-state index contributed by atoms with van der Waals surface area (Å²) in [6.07, 6.45) is 0. The topological polar surface area (TPSA) is 55.8 Å². The van der Waals surface area contributed by atoms with Gasteiger partial charge in [-0.2, -0.15) is 0 Å². The van der Waals surface area contributed by atoms with E-state index in [1.165, 1.54) is 14.2 Å². The number of carbonyl (C=O) groups is 1. The van der Waals surface area contributed by atoms with Gasteiger partial charge in [-0.15, -0.1) is 0 Å². The highest BCUT2D eigenvalue weighted by molar-refractivity contribution is 5.95. The van der Waals surface area contributed by atoms with E-state index in [0.717, 1.165) is 5.56 Å². The number of aromatic hydroxyl groups is 1. The quantitative estimate of drug-likeness (QED) is 0.782. The molecule has 0 fully saturated rings. The van der Waals surface area contributed by atoms with Crippen molar-refractivity contribution in [3.05, 3.63) is 22.3 Å². The molecule has 88 valence electrons. The van der Waals surface area contributed by atoms with Gasteiger partial charge in [0, 0.05) is 5.56 Å². The van der Waals surface area contributed by atoms with E-state index >= 15 is 0 Å². The first-order valence-corrected chi connectivity index (χ1v) is 4.90. The minimum absolute atomic E-state index is 0.0770. The Balaban J connectivity index is 3.60. The second-order valence-electron chi connectivity index (χ2n) is 3.62. The summed E-state index contributed by atoms with van der Waals surface area (Å²) in [5, 5.41) is 9.94. The van der Waals surface area contributed by atoms with E-state index in [4.69, 9.17) is 4.74 Å². The monoisotopic (exact) mass is 224 g/mol. The summed E-state index contributed by atoms with van der Waals surface area (Å²) in [5.41, 5.74) is 2.26. The van der Waals surface area contributed by atoms with Crippen LogP contribution >= 0.6 is 0 Å². The predicted molar refractivity (Wildman–Crippen MR) is 60.2 cm³/mol. The summed E-state index contributed by atoms with van der Waals surface area (Å²) in [7, 11) is 2.82. The first-order valence-electron chi connectivity index (χ1n) is 4.90. The van der Waals surface area contributed by atoms with Crippen molar-refractivity contribution in [1.29, 1.82) is 0 Å². The molecule has 0 radical (unpaired) electrons. The lowest BCUT2D eigenvalue weighted by atomic mass is 9.97. The molecule has 4 nitrogen and oxygen atoms in total. The molecule has 4 heteroatoms. The molecule has 1 N–H and O–H groups in total. The number of hydrogen-bond acceptors (Lipinski definition) is 4. The van der Waals surface area contributed by atoms with E-state index in [0.29, 0.717) is 16.9 Å². The Bertz CT molecular complexity index is 406. The van der Waals surface area contributed by atoms with E-state index in [1.807, 2.05) is 6.92 Å². The van der Waals surface area contributed by atoms with Crippen molar-refractivity contribution in [3.63, 3.8) is 0 Å². The van der Waals surface area contributed by atoms with Crippen molar-refractivity contribution in [2.24, 2.45) is 0 Å². The van der Waals surface area contributed by atoms with Gasteiger partial charge in [-0.3, -0.25) is 0 Å². The highest BCUT2D eigenvalue weighted by atomic mass is 16.5. The van der Waals surface area contributed by atoms with Crippen molar-refractivity contribution < 1.29 is 19.4 Å². The minimum atomic E-state index is -0.538. The number of hydrogen-bond donors (Lipinski definition) is 1. The van der Waals surface area contributed by atoms with Gasteiger partial charge in [0.05, 0.1) is 14.2 Å². The van der Waals surface area contributed by atoms with E-state index in [2.05, 4.69) is 4.74 Å². The smallest absolute Gasteiger partial charge is 0.341 e. The second-order valence-corrected chi connectivity index (χ2v) is 3.62. The number of carbonyl (C=O) groups excluding carboxylic acids is 1. The van der Waals surface area contributed by atoms with Crippen molar-refractivity contribution in [3.8, 4) is 11.5 Å². The van der Waals surface area contributed by atoms with Gasteiger partial charge in [0.1, 0.15) is 17.1 Å². The lowest BCUT2D eigenvalue weighted by Crippen LogP contribution is -2.08. The molecule has 16 heavy (non-hydrogen) atoms. The van der Waals surface area contributed by atoms with E-state index < -0.39 is 5.97 Å². The molecule has 0 aromatic heterocycles. The average molecular weight is 224 g/mol. The molecule has 0 heterocycles. The Morgan fingerprint density at radius 1 is 1.06 bits per heavy atom. The van der Waals surface area contributed by atoms with Gasteiger partial charge in [0.2, 0.25) is 0 Å². The minimum Gasteiger partial charge on any atom is -0.507 e. The SMILES string of the molecule is COC(=O)c1c(C)c(C)c(OC)c(C)c1O. The zero-order chi connectivity index (χ0) is 12.5. The van der Waals surface area contributed by atoms with Crippen molar-refractivity contribution in [1.82, 2.24) is 0 Å². The molecule has 0 saturated heterocycles. The highest BCUT2D eigenvalue weighted by Gasteiger charge is 2.22. The van der Waals surface area contributed by atoms with Crippen LogP contribution in [0.1, 0.15) is 27.0 Å². The van der Waals surface area contributed by atoms with Crippen LogP contribution < -0.4 is 4.74 Å². The summed E-state index contributed by atoms with van der Waals surface area (Å²) in [6.45, 7) is 5.30. The van der Waals surface area contributed by atoms with Crippen molar-refractivity contribution in [2.45, 2.75) is 20.8 Å². The van der Waals surface area contributed by atoms with E-state index in [-0.39, 0.29) is 11.3 Å². The zero-order valence-electron chi connectivity index (χ0n) is 10.2. The standard InChI is InChI=1S/C12H16O4/c1-6-7(2)11(15-4)8(3)10(13)9(6)12(14)16-5/h13H,1-5H3. The number of esters is 1. The zero-order valence-corrected chi connectivity index (χ0v) is 10.2. The maximum absolute atomic E-state index is 11.5. The third-order valence-electron chi connectivity index (χ3n) is 2.80. The maximum Gasteiger partial charge on any atom is 0.341 e. The van der Waals surface area contributed by atoms with Crippen LogP contribution in [0, 0.1) is 20.8 Å². The first-order chi connectivity index (χ1) is 7.45. The molecule has 0 saturated carbocycles. The fourth-order valence-corrected chi connectivity index (χ4v) is 1.77. The van der Waals surface area contributed by atoms with Crippen LogP contribution in [0.2, 0.25) is 0 Å². The van der Waals surface area contributed by atoms with Gasteiger partial charge in [-0.25, -0.2) is 4.79 Å². The fraction of sp³-hybridized carbons (Fsp3) is 0.417. The Hall–Kier alpha value is -1.71. The maximum atomic E-state index is 11.5. The van der Waals surface area contributed by atoms with Crippen LogP contribution in [0.3, 0.4) is 0 Å². The number of rotatable bonds is 2. The fourth-order valence-electron chi connectivity index (χ4n) is 1.77. The van der Waals surface area contributed by atoms with Gasteiger partial charge < -0.3 is 14.6 Å². The lowest BCUT2D eigenvalue weighted by molar-refractivity contribution is 0.0596. The predicted octanol–water partition coefficient (Wildman–Crippen LogP) is 2.11. The summed E-state index contributed by atoms with van der Waals surface area (Å²) < 4.78 is 9.84. The molecule has 1 aromatic carbocycles. The summed E-state index contributed by atoms with van der Waals surface area (Å²) in [6, 6.07) is 0. The second kappa shape index (κ2) is 4.43. The summed E-state index contributed by atoms with van der Waals surface area (Å²) in [5.74, 6) is -0.0155. The van der Waals surface area contributed by atoms with Crippen LogP contribution in [0.5, 0.6) is 11.5 Å². The third-order valence-corrected chi connectivity index (χ3v) is 2.80. The van der Waals surface area contributed by atoms with Gasteiger partial charge in [-0.05, 0) is 31.9 Å². The van der Waals surface area contributed by atoms with E-state index in [1.54, 1.807) is 13.8 Å². The van der Waals surface area contributed by atoms with Crippen molar-refractivity contribution >= 4 is 5.97 Å². The number of phenolic OH excluding ortho intramolecular Hbond substituents is 1. The average Bonchev–Trinajstić information content (AvgIpc) is 2.27. The number of phenols is 1. The van der Waals surface area contributed by atoms with Gasteiger partial charge in [0.25, 0.3) is 0 Å². The largest absolute Gasteiger partial charge is 0.507 e. The molecule has 1 rings (SSSR count). The van der Waals surface area contributed by atoms with Crippen molar-refractivity contribution in [2.75, 3.05) is 14.2 Å². The van der Waals surface area contributed by atoms with Gasteiger partial charge in [0.15, 0.2) is 0 Å². The number of benzene rings is 1. The Kier molecular flexibility index (Phi) is 3.42. The molecule has 1 aromatic rings. The molecule has 0 aliphatic carbocycles. The third kappa shape index (κ3) is 1.71. The molecule has 0 unspecified atom stereocenters. The molecular weight excluding hydrogens is 208 g/mol. The Morgan fingerprint density at radius 3 is 2.06 bits per heavy atom. The Labute approximate surface area is 94.8 Å². The Morgan fingerprint density at radius 2 is 1.62 bits per heavy atom. The number of ether oxygens (including phenoxy) is 2. The molecule has 0 atom stereocenters. The van der Waals surface area contributed by atoms with Crippen LogP contribution in [0.15, 0.2) is 0 Å². The highest BCUT2D eigenvalue weighted by Crippen LogP contribution is 2.37. The van der Waals surface area contributed by atoms with Crippen LogP contribution in [0.25, 0.3) is 0 Å². The van der Waals surface area contributed by atoms with Gasteiger partial charge >= 0.3 is 5.97 Å². The number of methoxy groups -OCH3 is 2. The van der Waals surface area contributed by atoms with Gasteiger partial charge in [-0.1, -0.05) is 0 Å². The van der Waals surface area contributed by atoms with Crippen LogP contribution in [-0.4, -0.2) is 25.3 Å². The first kappa shape index (κ1) is 12.4. The van der Waals surface area contributed by atoms with E-state index in [9.17, 15) is 9.90 Å². The summed E-state index contributed by atoms with van der Waals surface area (Å²) in [4.78, 5) is 11.5. The molecular formula is C12H16O4. The van der Waals surface area contributed by atoms with Crippen LogP contribution in [0.4, 0.5) is 0 Å². The molecule has 0 spiro atoms. The molecule has 0 bridgehead atoms. The molecule has 0 aliphatic heterocycles. The van der Waals surface area contributed by atoms with Crippen LogP contribution in [-0.2, 0) is 4.74 Å². The molecule has 0 aliphatic rings. The normalized spacial score (nSPS) is 10.1. The molecule has 0 amide bonds.